The average Bonchev–Trinajstić information content (AvgIpc) is 2.58. The summed E-state index contributed by atoms with van der Waals surface area (Å²) < 4.78 is 107. The van der Waals surface area contributed by atoms with Crippen LogP contribution in [0.5, 0.6) is 0 Å². The summed E-state index contributed by atoms with van der Waals surface area (Å²) in [4.78, 5) is 99.3. The normalized spacial score (nSPS) is 31.6. The molecule has 3 unspecified atom stereocenters. The van der Waals surface area contributed by atoms with E-state index in [0.29, 0.717) is 0 Å². The van der Waals surface area contributed by atoms with E-state index >= 15 is 0 Å². The van der Waals surface area contributed by atoms with Gasteiger partial charge in [-0.2, -0.15) is 12.9 Å². The molecule has 40 heavy (non-hydrogen) atoms. The minimum Gasteiger partial charge on any atom is -0.387 e. The van der Waals surface area contributed by atoms with Crippen molar-refractivity contribution >= 4 is 54.8 Å². The van der Waals surface area contributed by atoms with Gasteiger partial charge in [-0.25, -0.2) is 32.0 Å². The van der Waals surface area contributed by atoms with E-state index in [0.717, 1.165) is 0 Å². The third-order valence-corrected chi connectivity index (χ3v) is 10.7. The fraction of sp³-hybridized carbons (Fsp3) is 1.00. The molecule has 0 heterocycles. The van der Waals surface area contributed by atoms with Crippen LogP contribution in [0.25, 0.3) is 0 Å². The maximum absolute atomic E-state index is 12.1. The molecular formula is C6H19O27P7. The number of rotatable bonds is 14. The molecule has 1 rings (SSSR count). The van der Waals surface area contributed by atoms with Crippen LogP contribution in [0.15, 0.2) is 0 Å². The van der Waals surface area contributed by atoms with Gasteiger partial charge >= 0.3 is 54.8 Å². The predicted octanol–water partition coefficient (Wildman–Crippen LogP) is -3.02. The van der Waals surface area contributed by atoms with Crippen LogP contribution in [-0.4, -0.2) is 101 Å². The summed E-state index contributed by atoms with van der Waals surface area (Å²) in [7, 11) is -42.8. The van der Waals surface area contributed by atoms with Crippen molar-refractivity contribution in [2.45, 2.75) is 36.6 Å². The first kappa shape index (κ1) is 38.8. The monoisotopic (exact) mass is 740 g/mol. The predicted molar refractivity (Wildman–Crippen MR) is 112 cm³/mol. The number of aliphatic hydroxyl groups excluding tert-OH is 2. The summed E-state index contributed by atoms with van der Waals surface area (Å²) >= 11 is 0. The second-order valence-electron chi connectivity index (χ2n) is 6.87. The Hall–Kier alpha value is 0.810. The van der Waals surface area contributed by atoms with Gasteiger partial charge in [0.25, 0.3) is 0 Å². The Kier molecular flexibility index (Phi) is 12.7. The molecule has 34 heteroatoms. The summed E-state index contributed by atoms with van der Waals surface area (Å²) in [6.07, 6.45) is -19.0. The molecule has 0 amide bonds. The van der Waals surface area contributed by atoms with E-state index < -0.39 is 91.4 Å². The molecule has 0 spiro atoms. The van der Waals surface area contributed by atoms with E-state index in [2.05, 4.69) is 31.0 Å². The zero-order valence-electron chi connectivity index (χ0n) is 18.1. The number of hydrogen-bond acceptors (Lipinski definition) is 16. The van der Waals surface area contributed by atoms with Crippen molar-refractivity contribution in [1.29, 1.82) is 0 Å². The van der Waals surface area contributed by atoms with Gasteiger partial charge < -0.3 is 64.0 Å². The molecule has 1 aliphatic carbocycles. The first-order valence-corrected chi connectivity index (χ1v) is 19.4. The molecule has 1 saturated carbocycles. The SMILES string of the molecule is O=P(O)(O)O[C@H]1[C@H](O)[C@@H](OP(=O)(O)OP(=O)(O)O)[C@H](O)[C@H](OP(=O)(O)OP(=O)(O)O)[C@@H]1OP(=O)(O)OP(=O)(O)O. The zero-order valence-corrected chi connectivity index (χ0v) is 24.4. The molecule has 0 aromatic heterocycles. The van der Waals surface area contributed by atoms with E-state index in [4.69, 9.17) is 39.1 Å². The number of hydrogen-bond donors (Lipinski definition) is 13. The molecule has 27 nitrogen and oxygen atoms in total. The second-order valence-corrected chi connectivity index (χ2v) is 16.4. The molecule has 0 saturated heterocycles. The van der Waals surface area contributed by atoms with Crippen molar-refractivity contribution in [3.05, 3.63) is 0 Å². The highest BCUT2D eigenvalue weighted by molar-refractivity contribution is 7.61. The Morgan fingerprint density at radius 3 is 0.875 bits per heavy atom. The Labute approximate surface area is 219 Å². The van der Waals surface area contributed by atoms with Gasteiger partial charge in [0, 0.05) is 0 Å². The minimum atomic E-state index is -6.32. The van der Waals surface area contributed by atoms with Crippen LogP contribution in [-0.2, 0) is 63.0 Å². The highest BCUT2D eigenvalue weighted by Gasteiger charge is 2.60. The van der Waals surface area contributed by atoms with E-state index in [9.17, 15) is 56.8 Å². The van der Waals surface area contributed by atoms with Gasteiger partial charge in [0.2, 0.25) is 0 Å². The molecule has 0 aromatic rings. The Morgan fingerprint density at radius 2 is 0.600 bits per heavy atom. The lowest BCUT2D eigenvalue weighted by Gasteiger charge is -2.46. The van der Waals surface area contributed by atoms with E-state index in [-0.39, 0.29) is 0 Å². The van der Waals surface area contributed by atoms with Gasteiger partial charge in [-0.3, -0.25) is 18.1 Å². The zero-order chi connectivity index (χ0) is 31.9. The van der Waals surface area contributed by atoms with Crippen LogP contribution < -0.4 is 0 Å². The standard InChI is InChI=1S/C6H19O27P7/c7-1-3(28-38(21,22)31-35(12,13)14)2(8)5(29-39(23,24)32-36(15,16)17)6(4(1)27-34(9,10)11)30-40(25,26)33-37(18,19)20/h1-8H,(H,21,22)(H,23,24)(H,25,26)(H2,9,10,11)(H2,12,13,14)(H2,15,16,17)(H2,18,19,20)/t1-,2+,3-,4+,5+,6-/m1/s1. The van der Waals surface area contributed by atoms with Crippen LogP contribution >= 0.6 is 54.8 Å². The van der Waals surface area contributed by atoms with Crippen molar-refractivity contribution in [2.24, 2.45) is 0 Å². The molecule has 13 N–H and O–H groups in total. The van der Waals surface area contributed by atoms with E-state index in [1.54, 1.807) is 0 Å². The van der Waals surface area contributed by atoms with Crippen LogP contribution in [0.2, 0.25) is 0 Å². The van der Waals surface area contributed by atoms with Crippen LogP contribution in [0.3, 0.4) is 0 Å². The largest absolute Gasteiger partial charge is 0.481 e. The molecule has 0 aliphatic heterocycles. The summed E-state index contributed by atoms with van der Waals surface area (Å²) in [5.74, 6) is 0. The fourth-order valence-corrected chi connectivity index (χ4v) is 8.63. The van der Waals surface area contributed by atoms with Gasteiger partial charge in [0.15, 0.2) is 0 Å². The van der Waals surface area contributed by atoms with Gasteiger partial charge in [-0.05, 0) is 0 Å². The van der Waals surface area contributed by atoms with Crippen molar-refractivity contribution in [1.82, 2.24) is 0 Å². The van der Waals surface area contributed by atoms with Gasteiger partial charge in [0.05, 0.1) is 0 Å². The Bertz CT molecular complexity index is 1230. The summed E-state index contributed by atoms with van der Waals surface area (Å²) in [6, 6.07) is 0. The van der Waals surface area contributed by atoms with Crippen molar-refractivity contribution in [3.8, 4) is 0 Å². The molecule has 240 valence electrons. The lowest BCUT2D eigenvalue weighted by molar-refractivity contribution is -0.208. The van der Waals surface area contributed by atoms with E-state index in [1.165, 1.54) is 0 Å². The smallest absolute Gasteiger partial charge is 0.387 e. The molecular weight excluding hydrogens is 721 g/mol. The number of aliphatic hydroxyl groups is 2. The summed E-state index contributed by atoms with van der Waals surface area (Å²) in [5, 5.41) is 20.9. The van der Waals surface area contributed by atoms with Crippen LogP contribution in [0.4, 0.5) is 0 Å². The number of phosphoric acid groups is 7. The first-order valence-electron chi connectivity index (χ1n) is 8.76. The quantitative estimate of drug-likeness (QED) is 0.0788. The number of phosphoric ester groups is 4. The van der Waals surface area contributed by atoms with Gasteiger partial charge in [-0.15, -0.1) is 0 Å². The van der Waals surface area contributed by atoms with Gasteiger partial charge in [-0.1, -0.05) is 0 Å². The average molecular weight is 740 g/mol. The second kappa shape index (κ2) is 13.0. The maximum Gasteiger partial charge on any atom is 0.481 e. The third-order valence-electron chi connectivity index (χ3n) is 3.65. The topological polar surface area (TPSA) is 447 Å². The van der Waals surface area contributed by atoms with E-state index in [1.807, 2.05) is 0 Å². The Morgan fingerprint density at radius 1 is 0.350 bits per heavy atom. The summed E-state index contributed by atoms with van der Waals surface area (Å²) in [6.45, 7) is 0. The molecule has 1 aliphatic rings. The lowest BCUT2D eigenvalue weighted by Crippen LogP contribution is -2.65. The third kappa shape index (κ3) is 14.1. The summed E-state index contributed by atoms with van der Waals surface area (Å²) in [5.41, 5.74) is 0. The van der Waals surface area contributed by atoms with Crippen LogP contribution in [0.1, 0.15) is 0 Å². The highest BCUT2D eigenvalue weighted by Crippen LogP contribution is 2.64. The van der Waals surface area contributed by atoms with Crippen molar-refractivity contribution in [2.75, 3.05) is 0 Å². The first-order chi connectivity index (χ1) is 17.3. The molecule has 0 bridgehead atoms. The fourth-order valence-electron chi connectivity index (χ4n) is 2.72. The minimum absolute atomic E-state index is 3.08. The lowest BCUT2D eigenvalue weighted by atomic mass is 9.85. The van der Waals surface area contributed by atoms with Crippen molar-refractivity contribution in [3.63, 3.8) is 0 Å². The molecule has 9 atom stereocenters. The maximum atomic E-state index is 12.1. The Balaban J connectivity index is 3.76. The molecule has 1 fully saturated rings. The van der Waals surface area contributed by atoms with Crippen LogP contribution in [0, 0.1) is 0 Å². The van der Waals surface area contributed by atoms with Crippen molar-refractivity contribution < 1.29 is 127 Å². The van der Waals surface area contributed by atoms with Gasteiger partial charge in [0.1, 0.15) is 36.6 Å². The molecule has 0 aromatic carbocycles. The highest BCUT2D eigenvalue weighted by atomic mass is 31.3. The molecule has 0 radical (unpaired) electrons.